The molecule has 17 heteroatoms. The van der Waals surface area contributed by atoms with Gasteiger partial charge in [-0.2, -0.15) is 4.98 Å². The number of amides is 1. The molecule has 1 fully saturated rings. The van der Waals surface area contributed by atoms with Gasteiger partial charge in [0.05, 0.1) is 27.2 Å². The number of methoxy groups -OCH3 is 2. The van der Waals surface area contributed by atoms with Gasteiger partial charge in [0, 0.05) is 325 Å². The molecule has 2 heterocycles. The summed E-state index contributed by atoms with van der Waals surface area (Å²) in [5.41, 5.74) is -0.584. The van der Waals surface area contributed by atoms with Gasteiger partial charge in [0.2, 0.25) is 5.75 Å². The molecule has 0 aliphatic carbocycles. The molecule has 0 bridgehead atoms. The number of hydrogen-bond donors (Lipinski definition) is 1. The maximum absolute atomic E-state index is 15.0. The first-order chi connectivity index (χ1) is 63.9. The molecule has 4 atom stereocenters. The number of anilines is 1. The normalized spacial score (nSPS) is 10.8. The summed E-state index contributed by atoms with van der Waals surface area (Å²) in [4.78, 5) is 60.6. The molecule has 0 spiro atoms. The number of rotatable bonds is 20. The third-order valence-electron chi connectivity index (χ3n) is 16.0. The van der Waals surface area contributed by atoms with Crippen LogP contribution in [-0.4, -0.2) is 74.7 Å². The highest BCUT2D eigenvalue weighted by atomic mass is 28.4. The number of ether oxygens (including phenoxy) is 8. The smallest absolute Gasteiger partial charge is 0.351 e. The highest BCUT2D eigenvalue weighted by Gasteiger charge is 2.54. The number of aromatic nitrogens is 2. The minimum atomic E-state index is -2.97. The van der Waals surface area contributed by atoms with Crippen molar-refractivity contribution in [3.05, 3.63) is 136 Å². The average molecular weight is 1840 g/mol. The van der Waals surface area contributed by atoms with Gasteiger partial charge in [0.25, 0.3) is 5.91 Å². The molecular formula is C114H187N3O13Si. The maximum atomic E-state index is 15.0. The van der Waals surface area contributed by atoms with Crippen LogP contribution >= 0.6 is 0 Å². The SMILES string of the molecule is C#CC#CC#CC#CC#CC#CC#CC#CC#CC#CC#COc1cc(C(=O)Nc2ccn([C@@H]3O[C@H](COC(c4ccccc4)(c4ccc(OC)cc4)c4ccc(OC)cc4)[C@H](OC(=O)CCC(C)=O)C3O[Si](C)(C)C(C)(C)C)c(=O)n2)cc(OC#CC#CC#CC#CC#CC#CC#CC#CC#CC#CC#C)c1OC#CC#CC#CC#CC#CC#CC#CC#CC#CC#CC#C.[HH].[HH].[HH].[HH].[HH].[HH].[HH].[HH].[HH].[HH].[HH].[HH].[HH].[HH].[HH].[HH].[HH].[HH].[HH].[HH].[HH].[HH].[HH].[HH].[HH].[HH].[HH].[HH].[HH].[HH].[HH].[HH].[HH].[HH].[HH].[HH].[HH].[HH].[HH].[HH].[HH].[HH].[HH].[HH].[HH].[HH].[HH].[HH].[HH].[HH].[HH].[HH].[HH].[HH].[HH].[HH].[HH].[HH].[HH].[HH].[HH].[HH].[HH].[HH].[HH].[HH]. The van der Waals surface area contributed by atoms with Gasteiger partial charge in [-0.25, -0.2) is 4.79 Å². The van der Waals surface area contributed by atoms with Gasteiger partial charge in [-0.15, -0.1) is 19.3 Å². The van der Waals surface area contributed by atoms with E-state index in [1.165, 1.54) is 31.3 Å². The van der Waals surface area contributed by atoms with Crippen molar-refractivity contribution < 1.29 is 151 Å². The van der Waals surface area contributed by atoms with Crippen molar-refractivity contribution in [1.82, 2.24) is 9.55 Å². The molecule has 0 radical (unpaired) electrons. The van der Waals surface area contributed by atoms with Gasteiger partial charge < -0.3 is 52.4 Å². The summed E-state index contributed by atoms with van der Waals surface area (Å²) in [6, 6.07) is 27.9. The van der Waals surface area contributed by atoms with E-state index in [-0.39, 0.29) is 148 Å². The van der Waals surface area contributed by atoms with E-state index in [2.05, 4.69) is 384 Å². The molecule has 1 amide bonds. The molecule has 1 N–H and O–H groups in total. The first-order valence-corrected chi connectivity index (χ1v) is 40.3. The number of benzene rings is 4. The number of carbonyl (C=O) groups excluding carboxylic acids is 3. The summed E-state index contributed by atoms with van der Waals surface area (Å²) < 4.78 is 57.9. The van der Waals surface area contributed by atoms with E-state index < -0.39 is 61.1 Å². The van der Waals surface area contributed by atoms with Crippen LogP contribution in [0, 0.1) is 393 Å². The standard InChI is InChI=1S/C114H55N3O13Si.66H2/c1-12-15-18-21-24-27-30-33-36-39-42-45-48-51-54-57-60-63-66-72-89-124-102-92-96(93-103(125-90-73-67-64-61-58-55-52-49-46-43-40-37-34-31-28-25-22-19-16-13-2)107(102)126-91-74-68-65-62-59-56-53-50-47-44-41-38-35-32-29-26-23-20-17-14-3)110(120)115-105-87-88-117(112(121)116-105)111-109(130-131(10,11)113(5,6)7)108(129-106(119)86-77-95(4)118)104(128-111)94-127-114(97-75-70-69-71-76-97,98-78-82-100(122-8)83-79-98)99-80-84-101(123-9)85-81-99;;;;;;;;;;;;;;;;;;;;;;;;;;;;;;;;;;;;;;;;;;;;;;;;;;;;;;;;;;;;;;;;;;/h1-3,69-71,75-76,78-85,87-88,92-93,104,108-109,111H,77,86,94H2,4-11H3,(H,115,116,120,121);66*1H/t104-,108+,109?,111-;;;;;;;;;;;;;;;;;;;;;;;;;;;;;;;;;;;;;;;;;;;;;;;;;;;;;;;;;;;;;;;;;;/m1................................................................../s1. The van der Waals surface area contributed by atoms with Gasteiger partial charge in [-0.05, 0) is 226 Å². The van der Waals surface area contributed by atoms with Crippen molar-refractivity contribution in [2.45, 2.75) is 88.8 Å². The Morgan fingerprint density at radius 1 is 0.443 bits per heavy atom. The zero-order valence-corrected chi connectivity index (χ0v) is 71.7. The van der Waals surface area contributed by atoms with E-state index in [0.29, 0.717) is 28.2 Å². The number of terminal acetylenes is 3. The summed E-state index contributed by atoms with van der Waals surface area (Å²) in [7, 11) is 0.150. The summed E-state index contributed by atoms with van der Waals surface area (Å²) in [5.74, 6) is 146. The Hall–Kier alpha value is -21.1. The zero-order chi connectivity index (χ0) is 93.9. The molecule has 1 aliphatic rings. The van der Waals surface area contributed by atoms with Crippen molar-refractivity contribution in [3.8, 4) is 422 Å². The second-order valence-corrected chi connectivity index (χ2v) is 30.1. The van der Waals surface area contributed by atoms with E-state index in [9.17, 15) is 19.2 Å². The first kappa shape index (κ1) is 98.8. The second kappa shape index (κ2) is 58.0. The first-order valence-electron chi connectivity index (χ1n) is 37.4. The summed E-state index contributed by atoms with van der Waals surface area (Å²) in [6.45, 7) is 11.0. The molecule has 5 aromatic rings. The Balaban J connectivity index is -0.0000000475. The quantitative estimate of drug-likeness (QED) is 0.0336. The molecule has 0 saturated carbocycles. The third kappa shape index (κ3) is 36.8. The molecular weight excluding hydrogens is 1650 g/mol. The largest absolute Gasteiger partial charge is 0.497 e. The molecule has 740 valence electrons. The van der Waals surface area contributed by atoms with E-state index in [0.717, 1.165) is 4.57 Å². The minimum absolute atomic E-state index is 0. The van der Waals surface area contributed by atoms with Gasteiger partial charge in [0.15, 0.2) is 32.1 Å². The van der Waals surface area contributed by atoms with Gasteiger partial charge in [-0.1, -0.05) is 75.4 Å². The fraction of sp³-hybridized carbons (Fsp3) is 0.149. The number of ketones is 1. The fourth-order valence-electron chi connectivity index (χ4n) is 9.46. The van der Waals surface area contributed by atoms with E-state index in [4.69, 9.17) is 61.6 Å². The molecule has 1 unspecified atom stereocenters. The molecule has 6 rings (SSSR count). The number of carbonyl (C=O) groups is 3. The molecule has 1 aliphatic heterocycles. The van der Waals surface area contributed by atoms with Gasteiger partial charge >= 0.3 is 11.7 Å². The number of Topliss-reactive ketones (excluding diaryl/α,β-unsaturated/α-hetero) is 1. The van der Waals surface area contributed by atoms with Crippen LogP contribution in [0.15, 0.2) is 108 Å². The van der Waals surface area contributed by atoms with Crippen LogP contribution < -0.4 is 34.7 Å². The Kier molecular flexibility index (Phi) is 43.7. The number of nitrogens with zero attached hydrogens (tertiary/aromatic N) is 2. The molecule has 131 heavy (non-hydrogen) atoms. The van der Waals surface area contributed by atoms with Gasteiger partial charge in [-0.3, -0.25) is 14.2 Å². The maximum Gasteiger partial charge on any atom is 0.351 e. The van der Waals surface area contributed by atoms with Crippen molar-refractivity contribution in [2.75, 3.05) is 26.1 Å². The van der Waals surface area contributed by atoms with Crippen molar-refractivity contribution in [2.24, 2.45) is 0 Å². The monoisotopic (exact) mass is 1830 g/mol. The average Bonchev–Trinajstić information content (AvgIpc) is 1.73. The topological polar surface area (TPSA) is 181 Å². The summed E-state index contributed by atoms with van der Waals surface area (Å²) in [5, 5.41) is 2.17. The van der Waals surface area contributed by atoms with Crippen LogP contribution in [0.3, 0.4) is 0 Å². The Morgan fingerprint density at radius 2 is 0.771 bits per heavy atom. The summed E-state index contributed by atoms with van der Waals surface area (Å²) in [6.07, 6.45) is 18.1. The van der Waals surface area contributed by atoms with Crippen LogP contribution in [0.1, 0.15) is 168 Å². The van der Waals surface area contributed by atoms with Crippen LogP contribution in [-0.2, 0) is 33.8 Å². The van der Waals surface area contributed by atoms with Crippen molar-refractivity contribution in [1.29, 1.82) is 0 Å². The van der Waals surface area contributed by atoms with Crippen molar-refractivity contribution in [3.63, 3.8) is 0 Å². The lowest BCUT2D eigenvalue weighted by atomic mass is 9.80. The van der Waals surface area contributed by atoms with Crippen LogP contribution in [0.2, 0.25) is 18.1 Å². The molecule has 1 aromatic heterocycles. The predicted octanol–water partition coefficient (Wildman–Crippen LogP) is 24.3. The fourth-order valence-corrected chi connectivity index (χ4v) is 10.7. The lowest BCUT2D eigenvalue weighted by molar-refractivity contribution is -0.159. The highest BCUT2D eigenvalue weighted by Crippen LogP contribution is 2.46. The Bertz CT molecular complexity index is 7680. The number of nitrogens with one attached hydrogen (secondary N) is 1. The second-order valence-electron chi connectivity index (χ2n) is 25.3. The zero-order valence-electron chi connectivity index (χ0n) is 70.7. The minimum Gasteiger partial charge on any atom is -0.497 e. The van der Waals surface area contributed by atoms with E-state index in [1.54, 1.807) is 38.5 Å². The third-order valence-corrected chi connectivity index (χ3v) is 20.4. The molecule has 16 nitrogen and oxygen atoms in total. The van der Waals surface area contributed by atoms with Crippen molar-refractivity contribution >= 4 is 31.8 Å². The lowest BCUT2D eigenvalue weighted by Crippen LogP contribution is -2.51. The Morgan fingerprint density at radius 3 is 1.09 bits per heavy atom. The van der Waals surface area contributed by atoms with Crippen LogP contribution in [0.4, 0.5) is 5.82 Å². The highest BCUT2D eigenvalue weighted by molar-refractivity contribution is 6.74. The van der Waals surface area contributed by atoms with E-state index >= 15 is 0 Å². The van der Waals surface area contributed by atoms with Crippen LogP contribution in [0.5, 0.6) is 28.7 Å². The van der Waals surface area contributed by atoms with Crippen LogP contribution in [0.25, 0.3) is 0 Å². The number of hydrogen-bond acceptors (Lipinski definition) is 14. The van der Waals surface area contributed by atoms with E-state index in [1.807, 2.05) is 88.5 Å². The molecule has 4 aromatic carbocycles. The molecule has 1 saturated heterocycles. The van der Waals surface area contributed by atoms with Gasteiger partial charge in [0.1, 0.15) is 59.2 Å². The lowest BCUT2D eigenvalue weighted by Gasteiger charge is -2.40. The Labute approximate surface area is 863 Å². The summed E-state index contributed by atoms with van der Waals surface area (Å²) >= 11 is 0. The predicted molar refractivity (Wildman–Crippen MR) is 638 cm³/mol. The number of esters is 1.